The zero-order chi connectivity index (χ0) is 17.8. The molecule has 1 aliphatic heterocycles. The number of hydrogen-bond acceptors (Lipinski definition) is 4. The highest BCUT2D eigenvalue weighted by Crippen LogP contribution is 2.21. The van der Waals surface area contributed by atoms with Crippen molar-refractivity contribution in [2.75, 3.05) is 25.0 Å². The second-order valence-corrected chi connectivity index (χ2v) is 7.18. The van der Waals surface area contributed by atoms with Gasteiger partial charge in [-0.15, -0.1) is 0 Å². The maximum Gasteiger partial charge on any atom is 0.0651 e. The predicted octanol–water partition coefficient (Wildman–Crippen LogP) is 3.17. The van der Waals surface area contributed by atoms with E-state index in [9.17, 15) is 0 Å². The third-order valence-electron chi connectivity index (χ3n) is 5.15. The van der Waals surface area contributed by atoms with E-state index in [1.165, 1.54) is 29.7 Å². The van der Waals surface area contributed by atoms with Crippen LogP contribution in [-0.2, 0) is 13.0 Å². The monoisotopic (exact) mass is 350 g/mol. The SMILES string of the molecule is OCCc1ccc(CN2CCCC(Nc3ccc4[nH]ncc4c3)C2)cc1. The zero-order valence-electron chi connectivity index (χ0n) is 15.0. The summed E-state index contributed by atoms with van der Waals surface area (Å²) < 4.78 is 0. The van der Waals surface area contributed by atoms with E-state index in [0.717, 1.165) is 37.0 Å². The number of nitrogens with zero attached hydrogens (tertiary/aromatic N) is 2. The van der Waals surface area contributed by atoms with E-state index in [4.69, 9.17) is 5.11 Å². The number of anilines is 1. The number of aromatic nitrogens is 2. The highest BCUT2D eigenvalue weighted by atomic mass is 16.2. The van der Waals surface area contributed by atoms with Crippen molar-refractivity contribution in [1.29, 1.82) is 0 Å². The number of benzene rings is 2. The van der Waals surface area contributed by atoms with Gasteiger partial charge >= 0.3 is 0 Å². The molecule has 26 heavy (non-hydrogen) atoms. The third kappa shape index (κ3) is 4.06. The Morgan fingerprint density at radius 3 is 2.85 bits per heavy atom. The lowest BCUT2D eigenvalue weighted by Crippen LogP contribution is -2.41. The van der Waals surface area contributed by atoms with Crippen LogP contribution in [0.1, 0.15) is 24.0 Å². The minimum atomic E-state index is 0.212. The number of aromatic amines is 1. The van der Waals surface area contributed by atoms with Gasteiger partial charge in [0.2, 0.25) is 0 Å². The maximum atomic E-state index is 9.03. The quantitative estimate of drug-likeness (QED) is 0.639. The molecule has 2 heterocycles. The molecule has 5 nitrogen and oxygen atoms in total. The van der Waals surface area contributed by atoms with Crippen LogP contribution in [0.15, 0.2) is 48.7 Å². The van der Waals surface area contributed by atoms with E-state index < -0.39 is 0 Å². The number of hydrogen-bond donors (Lipinski definition) is 3. The zero-order valence-corrected chi connectivity index (χ0v) is 15.0. The van der Waals surface area contributed by atoms with Gasteiger partial charge in [-0.05, 0) is 55.1 Å². The van der Waals surface area contributed by atoms with Crippen LogP contribution >= 0.6 is 0 Å². The Labute approximate surface area is 154 Å². The smallest absolute Gasteiger partial charge is 0.0651 e. The lowest BCUT2D eigenvalue weighted by atomic mass is 10.0. The number of aliphatic hydroxyl groups excluding tert-OH is 1. The molecule has 0 amide bonds. The van der Waals surface area contributed by atoms with Crippen LogP contribution in [0.25, 0.3) is 10.9 Å². The van der Waals surface area contributed by atoms with Gasteiger partial charge in [0.25, 0.3) is 0 Å². The summed E-state index contributed by atoms with van der Waals surface area (Å²) in [6.45, 7) is 3.40. The van der Waals surface area contributed by atoms with Gasteiger partial charge in [-0.25, -0.2) is 0 Å². The first-order valence-electron chi connectivity index (χ1n) is 9.41. The van der Waals surface area contributed by atoms with Gasteiger partial charge in [-0.2, -0.15) is 5.10 Å². The summed E-state index contributed by atoms with van der Waals surface area (Å²) in [5.41, 5.74) is 4.78. The Balaban J connectivity index is 1.36. The van der Waals surface area contributed by atoms with Crippen LogP contribution in [0, 0.1) is 0 Å². The lowest BCUT2D eigenvalue weighted by Gasteiger charge is -2.33. The summed E-state index contributed by atoms with van der Waals surface area (Å²) in [4.78, 5) is 2.53. The van der Waals surface area contributed by atoms with Crippen molar-refractivity contribution in [2.45, 2.75) is 31.8 Å². The van der Waals surface area contributed by atoms with E-state index >= 15 is 0 Å². The van der Waals surface area contributed by atoms with Crippen molar-refractivity contribution in [3.63, 3.8) is 0 Å². The molecule has 1 aromatic heterocycles. The van der Waals surface area contributed by atoms with Gasteiger partial charge in [-0.3, -0.25) is 10.00 Å². The average Bonchev–Trinajstić information content (AvgIpc) is 3.12. The van der Waals surface area contributed by atoms with Crippen molar-refractivity contribution in [2.24, 2.45) is 0 Å². The fraction of sp³-hybridized carbons (Fsp3) is 0.381. The second-order valence-electron chi connectivity index (χ2n) is 7.18. The van der Waals surface area contributed by atoms with Crippen LogP contribution in [0.5, 0.6) is 0 Å². The number of nitrogens with one attached hydrogen (secondary N) is 2. The van der Waals surface area contributed by atoms with E-state index in [1.54, 1.807) is 0 Å². The molecule has 0 aliphatic carbocycles. The average molecular weight is 350 g/mol. The number of piperidine rings is 1. The van der Waals surface area contributed by atoms with E-state index in [-0.39, 0.29) is 6.61 Å². The van der Waals surface area contributed by atoms with Crippen LogP contribution < -0.4 is 5.32 Å². The highest BCUT2D eigenvalue weighted by molar-refractivity contribution is 5.81. The lowest BCUT2D eigenvalue weighted by molar-refractivity contribution is 0.208. The molecular formula is C21H26N4O. The normalized spacial score (nSPS) is 18.3. The highest BCUT2D eigenvalue weighted by Gasteiger charge is 2.20. The van der Waals surface area contributed by atoms with Crippen molar-refractivity contribution in [1.82, 2.24) is 15.1 Å². The van der Waals surface area contributed by atoms with Gasteiger partial charge in [0, 0.05) is 36.8 Å². The summed E-state index contributed by atoms with van der Waals surface area (Å²) >= 11 is 0. The Morgan fingerprint density at radius 2 is 2.00 bits per heavy atom. The van der Waals surface area contributed by atoms with E-state index in [1.807, 2.05) is 6.20 Å². The number of aliphatic hydroxyl groups is 1. The molecular weight excluding hydrogens is 324 g/mol. The summed E-state index contributed by atoms with van der Waals surface area (Å²) in [6, 6.07) is 15.5. The summed E-state index contributed by atoms with van der Waals surface area (Å²) in [5, 5.41) is 21.0. The van der Waals surface area contributed by atoms with Crippen LogP contribution in [0.3, 0.4) is 0 Å². The summed E-state index contributed by atoms with van der Waals surface area (Å²) in [6.07, 6.45) is 5.02. The molecule has 0 saturated carbocycles. The molecule has 3 aromatic rings. The maximum absolute atomic E-state index is 9.03. The molecule has 4 rings (SSSR count). The summed E-state index contributed by atoms with van der Waals surface area (Å²) in [7, 11) is 0. The predicted molar refractivity (Wildman–Crippen MR) is 105 cm³/mol. The molecule has 1 atom stereocenters. The standard InChI is InChI=1S/C21H26N4O/c26-11-9-16-3-5-17(6-4-16)14-25-10-1-2-20(15-25)23-19-7-8-21-18(12-19)13-22-24-21/h3-8,12-13,20,23,26H,1-2,9-11,14-15H2,(H,22,24). The fourth-order valence-electron chi connectivity index (χ4n) is 3.78. The minimum absolute atomic E-state index is 0.212. The minimum Gasteiger partial charge on any atom is -0.396 e. The first-order chi connectivity index (χ1) is 12.8. The van der Waals surface area contributed by atoms with Gasteiger partial charge < -0.3 is 10.4 Å². The van der Waals surface area contributed by atoms with Crippen LogP contribution in [0.2, 0.25) is 0 Å². The molecule has 1 aliphatic rings. The molecule has 1 saturated heterocycles. The molecule has 5 heteroatoms. The largest absolute Gasteiger partial charge is 0.396 e. The van der Waals surface area contributed by atoms with Crippen molar-refractivity contribution < 1.29 is 5.11 Å². The van der Waals surface area contributed by atoms with Gasteiger partial charge in [0.1, 0.15) is 0 Å². The summed E-state index contributed by atoms with van der Waals surface area (Å²) in [5.74, 6) is 0. The van der Waals surface area contributed by atoms with Crippen molar-refractivity contribution >= 4 is 16.6 Å². The molecule has 136 valence electrons. The van der Waals surface area contributed by atoms with Gasteiger partial charge in [0.15, 0.2) is 0 Å². The molecule has 1 unspecified atom stereocenters. The Kier molecular flexibility index (Phi) is 5.18. The first-order valence-corrected chi connectivity index (χ1v) is 9.41. The third-order valence-corrected chi connectivity index (χ3v) is 5.15. The van der Waals surface area contributed by atoms with Gasteiger partial charge in [0.05, 0.1) is 11.7 Å². The van der Waals surface area contributed by atoms with E-state index in [0.29, 0.717) is 6.04 Å². The topological polar surface area (TPSA) is 64.2 Å². The van der Waals surface area contributed by atoms with Gasteiger partial charge in [-0.1, -0.05) is 24.3 Å². The molecule has 2 aromatic carbocycles. The Bertz CT molecular complexity index is 843. The Morgan fingerprint density at radius 1 is 1.15 bits per heavy atom. The molecule has 0 bridgehead atoms. The number of rotatable bonds is 6. The number of fused-ring (bicyclic) bond motifs is 1. The second kappa shape index (κ2) is 7.89. The van der Waals surface area contributed by atoms with Crippen LogP contribution in [-0.4, -0.2) is 45.9 Å². The van der Waals surface area contributed by atoms with Crippen LogP contribution in [0.4, 0.5) is 5.69 Å². The van der Waals surface area contributed by atoms with Crippen molar-refractivity contribution in [3.05, 3.63) is 59.8 Å². The number of H-pyrrole nitrogens is 1. The molecule has 3 N–H and O–H groups in total. The number of likely N-dealkylation sites (tertiary alicyclic amines) is 1. The Hall–Kier alpha value is -2.37. The molecule has 0 spiro atoms. The van der Waals surface area contributed by atoms with Crippen molar-refractivity contribution in [3.8, 4) is 0 Å². The fourth-order valence-corrected chi connectivity index (χ4v) is 3.78. The molecule has 0 radical (unpaired) electrons. The van der Waals surface area contributed by atoms with E-state index in [2.05, 4.69) is 62.9 Å². The molecule has 1 fully saturated rings. The first kappa shape index (κ1) is 17.1.